The number of aromatic nitrogens is 1. The van der Waals surface area contributed by atoms with E-state index < -0.39 is 0 Å². The van der Waals surface area contributed by atoms with E-state index in [-0.39, 0.29) is 5.91 Å². The first-order valence-corrected chi connectivity index (χ1v) is 9.59. The van der Waals surface area contributed by atoms with Gasteiger partial charge in [-0.05, 0) is 55.9 Å². The summed E-state index contributed by atoms with van der Waals surface area (Å²) in [6, 6.07) is 4.20. The van der Waals surface area contributed by atoms with Crippen molar-refractivity contribution in [1.82, 2.24) is 14.8 Å². The number of rotatable bonds is 5. The number of piperidine rings is 1. The van der Waals surface area contributed by atoms with Gasteiger partial charge < -0.3 is 4.90 Å². The fourth-order valence-electron chi connectivity index (χ4n) is 3.71. The second-order valence-corrected chi connectivity index (χ2v) is 7.37. The molecule has 4 heterocycles. The number of nitrogens with zero attached hydrogens (tertiary/aromatic N) is 3. The molecule has 1 aromatic rings. The van der Waals surface area contributed by atoms with E-state index in [1.807, 2.05) is 23.9 Å². The van der Waals surface area contributed by atoms with Gasteiger partial charge in [-0.1, -0.05) is 0 Å². The van der Waals surface area contributed by atoms with Gasteiger partial charge in [-0.3, -0.25) is 14.7 Å². The minimum atomic E-state index is 0.172. The second kappa shape index (κ2) is 7.47. The first kappa shape index (κ1) is 15.8. The summed E-state index contributed by atoms with van der Waals surface area (Å²) in [5, 5.41) is 0. The molecule has 3 fully saturated rings. The summed E-state index contributed by atoms with van der Waals surface area (Å²) in [5.74, 6) is 2.04. The zero-order valence-electron chi connectivity index (χ0n) is 13.3. The third-order valence-corrected chi connectivity index (χ3v) is 5.53. The van der Waals surface area contributed by atoms with Crippen LogP contribution in [0.2, 0.25) is 0 Å². The van der Waals surface area contributed by atoms with Gasteiger partial charge in [0, 0.05) is 43.6 Å². The number of hydrogen-bond acceptors (Lipinski definition) is 4. The highest BCUT2D eigenvalue weighted by atomic mass is 32.2. The van der Waals surface area contributed by atoms with E-state index in [4.69, 9.17) is 0 Å². The zero-order chi connectivity index (χ0) is 15.4. The highest BCUT2D eigenvalue weighted by Gasteiger charge is 2.36. The third kappa shape index (κ3) is 3.63. The molecule has 0 aliphatic carbocycles. The Kier molecular flexibility index (Phi) is 5.37. The maximum atomic E-state index is 12.7. The van der Waals surface area contributed by atoms with E-state index in [1.54, 1.807) is 12.4 Å². The lowest BCUT2D eigenvalue weighted by Gasteiger charge is -2.35. The lowest BCUT2D eigenvalue weighted by molar-refractivity contribution is 0.0738. The highest BCUT2D eigenvalue weighted by molar-refractivity contribution is 7.98. The molecule has 0 saturated carbocycles. The van der Waals surface area contributed by atoms with Crippen LogP contribution in [-0.2, 0) is 0 Å². The van der Waals surface area contributed by atoms with Crippen LogP contribution in [0, 0.1) is 5.92 Å². The molecule has 2 bridgehead atoms. The van der Waals surface area contributed by atoms with Crippen LogP contribution in [0.15, 0.2) is 24.5 Å². The molecule has 4 nitrogen and oxygen atoms in total. The van der Waals surface area contributed by atoms with Crippen molar-refractivity contribution in [1.29, 1.82) is 0 Å². The molecule has 2 atom stereocenters. The molecule has 0 radical (unpaired) electrons. The van der Waals surface area contributed by atoms with Gasteiger partial charge in [-0.2, -0.15) is 11.8 Å². The standard InChI is InChI=1S/C17H25N3OS/c1-22-10-2-9-19-11-14-3-4-16(19)13-20(12-14)17(21)15-5-7-18-8-6-15/h5-8,14,16H,2-4,9-13H2,1H3/t14-,16-/m1/s1. The van der Waals surface area contributed by atoms with Crippen molar-refractivity contribution < 1.29 is 4.79 Å². The highest BCUT2D eigenvalue weighted by Crippen LogP contribution is 2.28. The summed E-state index contributed by atoms with van der Waals surface area (Å²) < 4.78 is 0. The van der Waals surface area contributed by atoms with Crippen LogP contribution in [-0.4, -0.2) is 64.9 Å². The first-order chi connectivity index (χ1) is 10.8. The van der Waals surface area contributed by atoms with Gasteiger partial charge in [0.25, 0.3) is 5.91 Å². The van der Waals surface area contributed by atoms with Crippen molar-refractivity contribution in [3.63, 3.8) is 0 Å². The topological polar surface area (TPSA) is 36.4 Å². The van der Waals surface area contributed by atoms with Gasteiger partial charge in [-0.25, -0.2) is 0 Å². The Balaban J connectivity index is 1.66. The molecule has 0 aromatic carbocycles. The Morgan fingerprint density at radius 1 is 1.27 bits per heavy atom. The number of amides is 1. The lowest BCUT2D eigenvalue weighted by Crippen LogP contribution is -2.44. The van der Waals surface area contributed by atoms with Crippen LogP contribution in [0.1, 0.15) is 29.6 Å². The number of thioether (sulfide) groups is 1. The summed E-state index contributed by atoms with van der Waals surface area (Å²) in [4.78, 5) is 21.4. The van der Waals surface area contributed by atoms with Crippen LogP contribution in [0.5, 0.6) is 0 Å². The van der Waals surface area contributed by atoms with Gasteiger partial charge >= 0.3 is 0 Å². The fourth-order valence-corrected chi connectivity index (χ4v) is 4.13. The summed E-state index contributed by atoms with van der Waals surface area (Å²) in [5.41, 5.74) is 0.769. The van der Waals surface area contributed by atoms with Crippen LogP contribution in [0.4, 0.5) is 0 Å². The van der Waals surface area contributed by atoms with Crippen molar-refractivity contribution in [3.05, 3.63) is 30.1 Å². The van der Waals surface area contributed by atoms with Gasteiger partial charge in [0.15, 0.2) is 0 Å². The van der Waals surface area contributed by atoms with E-state index >= 15 is 0 Å². The summed E-state index contributed by atoms with van der Waals surface area (Å²) in [6.07, 6.45) is 9.34. The number of hydrogen-bond donors (Lipinski definition) is 0. The SMILES string of the molecule is CSCCCN1C[C@H]2CC[C@@H]1CN(C(=O)c1ccncc1)C2. The monoisotopic (exact) mass is 319 g/mol. The van der Waals surface area contributed by atoms with Crippen molar-refractivity contribution >= 4 is 17.7 Å². The van der Waals surface area contributed by atoms with Gasteiger partial charge in [0.2, 0.25) is 0 Å². The van der Waals surface area contributed by atoms with Gasteiger partial charge in [0.05, 0.1) is 0 Å². The Hall–Kier alpha value is -1.07. The summed E-state index contributed by atoms with van der Waals surface area (Å²) in [7, 11) is 0. The molecule has 3 aliphatic heterocycles. The predicted octanol–water partition coefficient (Wildman–Crippen LogP) is 2.37. The molecule has 3 saturated heterocycles. The van der Waals surface area contributed by atoms with E-state index in [0.717, 1.165) is 18.7 Å². The van der Waals surface area contributed by atoms with Crippen molar-refractivity contribution in [3.8, 4) is 0 Å². The average Bonchev–Trinajstić information content (AvgIpc) is 2.87. The number of carbonyl (C=O) groups excluding carboxylic acids is 1. The quantitative estimate of drug-likeness (QED) is 0.781. The summed E-state index contributed by atoms with van der Waals surface area (Å²) in [6.45, 7) is 4.14. The minimum absolute atomic E-state index is 0.172. The van der Waals surface area contributed by atoms with E-state index in [1.165, 1.54) is 38.1 Å². The number of carbonyl (C=O) groups is 1. The van der Waals surface area contributed by atoms with Crippen LogP contribution >= 0.6 is 11.8 Å². The molecule has 5 heteroatoms. The summed E-state index contributed by atoms with van der Waals surface area (Å²) >= 11 is 1.92. The zero-order valence-corrected chi connectivity index (χ0v) is 14.1. The van der Waals surface area contributed by atoms with E-state index in [9.17, 15) is 4.79 Å². The van der Waals surface area contributed by atoms with Crippen molar-refractivity contribution in [2.24, 2.45) is 5.92 Å². The van der Waals surface area contributed by atoms with E-state index in [0.29, 0.717) is 12.0 Å². The van der Waals surface area contributed by atoms with Crippen LogP contribution in [0.25, 0.3) is 0 Å². The average molecular weight is 319 g/mol. The van der Waals surface area contributed by atoms with Crippen LogP contribution < -0.4 is 0 Å². The number of fused-ring (bicyclic) bond motifs is 4. The minimum Gasteiger partial charge on any atom is -0.337 e. The maximum absolute atomic E-state index is 12.7. The Morgan fingerprint density at radius 3 is 2.86 bits per heavy atom. The van der Waals surface area contributed by atoms with Crippen molar-refractivity contribution in [2.45, 2.75) is 25.3 Å². The molecule has 1 amide bonds. The Labute approximate surface area is 137 Å². The molecule has 3 aliphatic rings. The third-order valence-electron chi connectivity index (χ3n) is 4.84. The first-order valence-electron chi connectivity index (χ1n) is 8.20. The van der Waals surface area contributed by atoms with Crippen LogP contribution in [0.3, 0.4) is 0 Å². The number of pyridine rings is 1. The van der Waals surface area contributed by atoms with E-state index in [2.05, 4.69) is 21.0 Å². The Bertz CT molecular complexity index is 496. The van der Waals surface area contributed by atoms with Crippen molar-refractivity contribution in [2.75, 3.05) is 38.2 Å². The molecule has 22 heavy (non-hydrogen) atoms. The normalized spacial score (nSPS) is 25.2. The molecule has 0 unspecified atom stereocenters. The molecular weight excluding hydrogens is 294 g/mol. The molecule has 0 N–H and O–H groups in total. The molecule has 120 valence electrons. The molecular formula is C17H25N3OS. The Morgan fingerprint density at radius 2 is 2.09 bits per heavy atom. The van der Waals surface area contributed by atoms with Gasteiger partial charge in [0.1, 0.15) is 0 Å². The second-order valence-electron chi connectivity index (χ2n) is 6.38. The maximum Gasteiger partial charge on any atom is 0.254 e. The molecule has 4 rings (SSSR count). The van der Waals surface area contributed by atoms with Gasteiger partial charge in [-0.15, -0.1) is 0 Å². The molecule has 1 aromatic heterocycles. The molecule has 0 spiro atoms. The lowest BCUT2D eigenvalue weighted by atomic mass is 9.95. The smallest absolute Gasteiger partial charge is 0.254 e. The largest absolute Gasteiger partial charge is 0.337 e. The predicted molar refractivity (Wildman–Crippen MR) is 91.2 cm³/mol. The fraction of sp³-hybridized carbons (Fsp3) is 0.647.